The van der Waals surface area contributed by atoms with Crippen LogP contribution in [0.1, 0.15) is 19.4 Å². The van der Waals surface area contributed by atoms with Crippen LogP contribution in [-0.2, 0) is 9.59 Å². The highest BCUT2D eigenvalue weighted by molar-refractivity contribution is 5.91. The van der Waals surface area contributed by atoms with Crippen molar-refractivity contribution in [3.63, 3.8) is 0 Å². The molecule has 0 aliphatic rings. The molecule has 0 fully saturated rings. The number of carbonyl (C=O) groups is 2. The number of hydrogen-bond acceptors (Lipinski definition) is 4. The van der Waals surface area contributed by atoms with Crippen molar-refractivity contribution in [3.8, 4) is 46.1 Å². The summed E-state index contributed by atoms with van der Waals surface area (Å²) in [5.74, 6) is 2.47. The highest BCUT2D eigenvalue weighted by Gasteiger charge is 2.14. The van der Waals surface area contributed by atoms with Gasteiger partial charge in [0.05, 0.1) is 0 Å². The van der Waals surface area contributed by atoms with E-state index in [-0.39, 0.29) is 0 Å². The monoisotopic (exact) mass is 422 g/mol. The number of carbonyl (C=O) groups excluding carboxylic acids is 2. The van der Waals surface area contributed by atoms with Gasteiger partial charge in [0.15, 0.2) is 0 Å². The van der Waals surface area contributed by atoms with E-state index in [0.717, 1.165) is 27.8 Å². The largest absolute Gasteiger partial charge is 0.423 e. The summed E-state index contributed by atoms with van der Waals surface area (Å²) in [4.78, 5) is 23.8. The van der Waals surface area contributed by atoms with E-state index in [1.165, 1.54) is 0 Å². The van der Waals surface area contributed by atoms with Crippen LogP contribution in [0.3, 0.4) is 0 Å². The van der Waals surface area contributed by atoms with Gasteiger partial charge in [0.25, 0.3) is 0 Å². The molecule has 0 heterocycles. The molecule has 3 rings (SSSR count). The third-order valence-electron chi connectivity index (χ3n) is 4.64. The second kappa shape index (κ2) is 9.63. The van der Waals surface area contributed by atoms with Gasteiger partial charge in [-0.25, -0.2) is 9.59 Å². The lowest BCUT2D eigenvalue weighted by Gasteiger charge is -2.13. The van der Waals surface area contributed by atoms with Crippen molar-refractivity contribution in [2.75, 3.05) is 0 Å². The molecule has 0 saturated carbocycles. The molecule has 158 valence electrons. The summed E-state index contributed by atoms with van der Waals surface area (Å²) in [7, 11) is 0. The molecular weight excluding hydrogens is 400 g/mol. The van der Waals surface area contributed by atoms with E-state index < -0.39 is 11.9 Å². The molecule has 0 N–H and O–H groups in total. The van der Waals surface area contributed by atoms with Crippen molar-refractivity contribution >= 4 is 11.9 Å². The maximum atomic E-state index is 12.1. The van der Waals surface area contributed by atoms with Crippen molar-refractivity contribution < 1.29 is 19.1 Å². The molecule has 3 aromatic carbocycles. The third-order valence-corrected chi connectivity index (χ3v) is 4.64. The van der Waals surface area contributed by atoms with E-state index >= 15 is 0 Å². The second-order valence-corrected chi connectivity index (χ2v) is 7.30. The van der Waals surface area contributed by atoms with Gasteiger partial charge in [-0.15, -0.1) is 6.42 Å². The zero-order valence-corrected chi connectivity index (χ0v) is 18.0. The first-order chi connectivity index (χ1) is 15.3. The first-order valence-electron chi connectivity index (χ1n) is 9.85. The van der Waals surface area contributed by atoms with E-state index in [1.807, 2.05) is 48.5 Å². The van der Waals surface area contributed by atoms with E-state index in [4.69, 9.17) is 15.9 Å². The Morgan fingerprint density at radius 1 is 0.750 bits per heavy atom. The molecule has 0 bridgehead atoms. The predicted molar refractivity (Wildman–Crippen MR) is 126 cm³/mol. The van der Waals surface area contributed by atoms with Crippen LogP contribution in [0, 0.1) is 12.3 Å². The maximum absolute atomic E-state index is 12.1. The minimum atomic E-state index is -0.497. The number of terminal acetylenes is 1. The van der Waals surface area contributed by atoms with Crippen molar-refractivity contribution in [3.05, 3.63) is 96.6 Å². The van der Waals surface area contributed by atoms with Crippen molar-refractivity contribution in [2.45, 2.75) is 13.8 Å². The van der Waals surface area contributed by atoms with Crippen LogP contribution in [0.4, 0.5) is 0 Å². The third kappa shape index (κ3) is 5.21. The van der Waals surface area contributed by atoms with E-state index in [0.29, 0.717) is 22.6 Å². The molecule has 0 aliphatic carbocycles. The summed E-state index contributed by atoms with van der Waals surface area (Å²) in [6.07, 6.45) is 5.46. The molecule has 4 heteroatoms. The van der Waals surface area contributed by atoms with Gasteiger partial charge in [-0.3, -0.25) is 0 Å². The van der Waals surface area contributed by atoms with Gasteiger partial charge >= 0.3 is 11.9 Å². The fourth-order valence-electron chi connectivity index (χ4n) is 2.87. The van der Waals surface area contributed by atoms with Gasteiger partial charge in [0, 0.05) is 22.3 Å². The van der Waals surface area contributed by atoms with Crippen LogP contribution in [0.25, 0.3) is 22.3 Å². The fourth-order valence-corrected chi connectivity index (χ4v) is 2.87. The summed E-state index contributed by atoms with van der Waals surface area (Å²) in [6, 6.07) is 20.1. The molecule has 0 unspecified atom stereocenters. The Hall–Kier alpha value is -4.36. The van der Waals surface area contributed by atoms with Gasteiger partial charge in [0.2, 0.25) is 0 Å². The van der Waals surface area contributed by atoms with E-state index in [2.05, 4.69) is 19.1 Å². The average molecular weight is 422 g/mol. The quantitative estimate of drug-likeness (QED) is 0.213. The Morgan fingerprint density at radius 2 is 1.28 bits per heavy atom. The average Bonchev–Trinajstić information content (AvgIpc) is 2.79. The van der Waals surface area contributed by atoms with Crippen molar-refractivity contribution in [1.29, 1.82) is 0 Å². The van der Waals surface area contributed by atoms with Crippen LogP contribution in [0.2, 0.25) is 0 Å². The van der Waals surface area contributed by atoms with Crippen LogP contribution in [-0.4, -0.2) is 11.9 Å². The van der Waals surface area contributed by atoms with Crippen molar-refractivity contribution in [1.82, 2.24) is 0 Å². The van der Waals surface area contributed by atoms with Crippen LogP contribution in [0.5, 0.6) is 11.5 Å². The van der Waals surface area contributed by atoms with Crippen LogP contribution >= 0.6 is 0 Å². The Labute approximate surface area is 187 Å². The van der Waals surface area contributed by atoms with Gasteiger partial charge < -0.3 is 9.47 Å². The first-order valence-corrected chi connectivity index (χ1v) is 9.85. The summed E-state index contributed by atoms with van der Waals surface area (Å²) < 4.78 is 10.8. The zero-order chi connectivity index (χ0) is 23.3. The molecule has 0 atom stereocenters. The summed E-state index contributed by atoms with van der Waals surface area (Å²) in [5.41, 5.74) is 4.77. The molecule has 0 spiro atoms. The van der Waals surface area contributed by atoms with Crippen molar-refractivity contribution in [2.24, 2.45) is 0 Å². The van der Waals surface area contributed by atoms with Gasteiger partial charge in [0.1, 0.15) is 11.5 Å². The summed E-state index contributed by atoms with van der Waals surface area (Å²) >= 11 is 0. The topological polar surface area (TPSA) is 52.6 Å². The van der Waals surface area contributed by atoms with Gasteiger partial charge in [-0.1, -0.05) is 49.4 Å². The molecule has 4 nitrogen and oxygen atoms in total. The number of rotatable bonds is 6. The van der Waals surface area contributed by atoms with E-state index in [9.17, 15) is 9.59 Å². The van der Waals surface area contributed by atoms with Gasteiger partial charge in [-0.05, 0) is 66.9 Å². The maximum Gasteiger partial charge on any atom is 0.338 e. The lowest BCUT2D eigenvalue weighted by molar-refractivity contribution is -0.130. The highest BCUT2D eigenvalue weighted by Crippen LogP contribution is 2.35. The summed E-state index contributed by atoms with van der Waals surface area (Å²) in [6.45, 7) is 10.4. The molecule has 0 aliphatic heterocycles. The number of hydrogen-bond donors (Lipinski definition) is 0. The standard InChI is InChI=1S/C28H22O4/c1-6-20-7-9-22(10-8-20)25-17-23(13-16-26(25)32-28(30)19(4)5)21-11-14-24(15-12-21)31-27(29)18(2)3/h1,7-17H,2,4H2,3,5H3. The number of ether oxygens (including phenoxy) is 2. The minimum Gasteiger partial charge on any atom is -0.423 e. The zero-order valence-electron chi connectivity index (χ0n) is 18.0. The van der Waals surface area contributed by atoms with Gasteiger partial charge in [-0.2, -0.15) is 0 Å². The Bertz CT molecular complexity index is 1240. The number of benzene rings is 3. The van der Waals surface area contributed by atoms with E-state index in [1.54, 1.807) is 32.0 Å². The predicted octanol–water partition coefficient (Wildman–Crippen LogP) is 5.96. The Morgan fingerprint density at radius 3 is 1.84 bits per heavy atom. The van der Waals surface area contributed by atoms with Crippen LogP contribution in [0.15, 0.2) is 91.0 Å². The smallest absolute Gasteiger partial charge is 0.338 e. The molecule has 32 heavy (non-hydrogen) atoms. The second-order valence-electron chi connectivity index (χ2n) is 7.30. The highest BCUT2D eigenvalue weighted by atomic mass is 16.5. The molecule has 0 radical (unpaired) electrons. The van der Waals surface area contributed by atoms with Crippen LogP contribution < -0.4 is 9.47 Å². The Balaban J connectivity index is 1.99. The first kappa shape index (κ1) is 22.3. The SMILES string of the molecule is C#Cc1ccc(-c2cc(-c3ccc(OC(=O)C(=C)C)cc3)ccc2OC(=O)C(=C)C)cc1. The lowest BCUT2D eigenvalue weighted by atomic mass is 9.97. The molecule has 0 aromatic heterocycles. The molecule has 3 aromatic rings. The Kier molecular flexibility index (Phi) is 6.72. The molecule has 0 amide bonds. The fraction of sp³-hybridized carbons (Fsp3) is 0.0714. The number of esters is 2. The minimum absolute atomic E-state index is 0.308. The lowest BCUT2D eigenvalue weighted by Crippen LogP contribution is -2.09. The summed E-state index contributed by atoms with van der Waals surface area (Å²) in [5, 5.41) is 0. The normalized spacial score (nSPS) is 10.0. The molecular formula is C28H22O4. The molecule has 0 saturated heterocycles.